The van der Waals surface area contributed by atoms with Gasteiger partial charge < -0.3 is 10.1 Å². The van der Waals surface area contributed by atoms with Crippen LogP contribution in [-0.4, -0.2) is 24.0 Å². The number of ether oxygens (including phenoxy) is 1. The Balaban J connectivity index is 1.60. The molecule has 0 saturated carbocycles. The first-order chi connectivity index (χ1) is 10.2. The van der Waals surface area contributed by atoms with Gasteiger partial charge in [-0.15, -0.1) is 0 Å². The summed E-state index contributed by atoms with van der Waals surface area (Å²) in [4.78, 5) is 15.8. The van der Waals surface area contributed by atoms with Crippen molar-refractivity contribution in [2.75, 3.05) is 13.2 Å². The van der Waals surface area contributed by atoms with E-state index >= 15 is 0 Å². The second-order valence-corrected chi connectivity index (χ2v) is 4.47. The fourth-order valence-corrected chi connectivity index (χ4v) is 1.76. The van der Waals surface area contributed by atoms with Gasteiger partial charge >= 0.3 is 0 Å². The zero-order valence-corrected chi connectivity index (χ0v) is 11.6. The third-order valence-corrected chi connectivity index (χ3v) is 2.84. The summed E-state index contributed by atoms with van der Waals surface area (Å²) in [5.74, 6) is 0.167. The predicted molar refractivity (Wildman–Crippen MR) is 77.5 cm³/mol. The largest absolute Gasteiger partial charge is 0.493 e. The number of nitrogens with zero attached hydrogens (tertiary/aromatic N) is 1. The molecule has 1 N–H and O–H groups in total. The average Bonchev–Trinajstić information content (AvgIpc) is 2.50. The smallest absolute Gasteiger partial charge is 0.223 e. The fraction of sp³-hybridized carbons (Fsp3) is 0.250. The number of pyridine rings is 1. The molecule has 1 heterocycles. The van der Waals surface area contributed by atoms with Gasteiger partial charge in [-0.05, 0) is 36.4 Å². The quantitative estimate of drug-likeness (QED) is 0.851. The molecule has 5 heteroatoms. The number of amides is 1. The lowest BCUT2D eigenvalue weighted by atomic mass is 10.2. The van der Waals surface area contributed by atoms with Gasteiger partial charge in [-0.1, -0.05) is 6.07 Å². The summed E-state index contributed by atoms with van der Waals surface area (Å²) in [6, 6.07) is 11.4. The monoisotopic (exact) mass is 288 g/mol. The van der Waals surface area contributed by atoms with Crippen LogP contribution in [0, 0.1) is 5.82 Å². The molecule has 4 nitrogen and oxygen atoms in total. The molecule has 2 rings (SSSR count). The first-order valence-corrected chi connectivity index (χ1v) is 6.79. The number of benzene rings is 1. The minimum Gasteiger partial charge on any atom is -0.493 e. The minimum absolute atomic E-state index is 0.0759. The van der Waals surface area contributed by atoms with E-state index in [0.717, 1.165) is 5.69 Å². The summed E-state index contributed by atoms with van der Waals surface area (Å²) in [5.41, 5.74) is 0.945. The summed E-state index contributed by atoms with van der Waals surface area (Å²) < 4.78 is 18.0. The van der Waals surface area contributed by atoms with Crippen molar-refractivity contribution in [2.45, 2.75) is 12.8 Å². The number of halogens is 1. The maximum absolute atomic E-state index is 12.7. The molecule has 0 bridgehead atoms. The van der Waals surface area contributed by atoms with Gasteiger partial charge in [0.1, 0.15) is 11.6 Å². The Kier molecular flexibility index (Phi) is 5.70. The Morgan fingerprint density at radius 2 is 2.00 bits per heavy atom. The van der Waals surface area contributed by atoms with E-state index in [0.29, 0.717) is 18.7 Å². The molecule has 1 amide bonds. The van der Waals surface area contributed by atoms with Crippen LogP contribution in [0.2, 0.25) is 0 Å². The van der Waals surface area contributed by atoms with Crippen molar-refractivity contribution in [3.05, 3.63) is 60.2 Å². The van der Waals surface area contributed by atoms with E-state index < -0.39 is 0 Å². The van der Waals surface area contributed by atoms with Gasteiger partial charge in [-0.3, -0.25) is 9.78 Å². The molecular formula is C16H17FN2O2. The molecule has 0 radical (unpaired) electrons. The average molecular weight is 288 g/mol. The molecule has 0 aliphatic heterocycles. The number of hydrogen-bond acceptors (Lipinski definition) is 3. The Labute approximate surface area is 123 Å². The van der Waals surface area contributed by atoms with Crippen molar-refractivity contribution in [3.63, 3.8) is 0 Å². The number of nitrogens with one attached hydrogen (secondary N) is 1. The summed E-state index contributed by atoms with van der Waals surface area (Å²) in [7, 11) is 0. The molecule has 0 spiro atoms. The summed E-state index contributed by atoms with van der Waals surface area (Å²) in [5, 5.41) is 2.81. The highest BCUT2D eigenvalue weighted by molar-refractivity contribution is 5.75. The van der Waals surface area contributed by atoms with Crippen molar-refractivity contribution >= 4 is 5.91 Å². The number of carbonyl (C=O) groups is 1. The van der Waals surface area contributed by atoms with Crippen molar-refractivity contribution in [3.8, 4) is 5.75 Å². The van der Waals surface area contributed by atoms with Crippen LogP contribution in [0.15, 0.2) is 48.7 Å². The predicted octanol–water partition coefficient (Wildman–Crippen LogP) is 2.35. The number of hydrogen-bond donors (Lipinski definition) is 1. The third kappa shape index (κ3) is 5.60. The van der Waals surface area contributed by atoms with Crippen molar-refractivity contribution in [2.24, 2.45) is 0 Å². The molecule has 0 aliphatic rings. The highest BCUT2D eigenvalue weighted by Gasteiger charge is 2.02. The van der Waals surface area contributed by atoms with Crippen LogP contribution in [0.25, 0.3) is 0 Å². The first-order valence-electron chi connectivity index (χ1n) is 6.79. The van der Waals surface area contributed by atoms with Crippen molar-refractivity contribution in [1.29, 1.82) is 0 Å². The minimum atomic E-state index is -0.311. The van der Waals surface area contributed by atoms with E-state index in [1.807, 2.05) is 18.2 Å². The van der Waals surface area contributed by atoms with Gasteiger partial charge in [0.2, 0.25) is 5.91 Å². The molecule has 1 aromatic carbocycles. The van der Waals surface area contributed by atoms with Gasteiger partial charge in [0.15, 0.2) is 0 Å². The summed E-state index contributed by atoms with van der Waals surface area (Å²) >= 11 is 0. The zero-order chi connectivity index (χ0) is 14.9. The highest BCUT2D eigenvalue weighted by Crippen LogP contribution is 2.10. The van der Waals surface area contributed by atoms with E-state index in [-0.39, 0.29) is 24.8 Å². The van der Waals surface area contributed by atoms with Gasteiger partial charge in [-0.25, -0.2) is 4.39 Å². The molecule has 0 atom stereocenters. The second-order valence-electron chi connectivity index (χ2n) is 4.47. The molecular weight excluding hydrogens is 271 g/mol. The topological polar surface area (TPSA) is 51.2 Å². The Hall–Kier alpha value is -2.43. The fourth-order valence-electron chi connectivity index (χ4n) is 1.76. The lowest BCUT2D eigenvalue weighted by Gasteiger charge is -2.07. The van der Waals surface area contributed by atoms with Crippen LogP contribution in [0.1, 0.15) is 12.1 Å². The van der Waals surface area contributed by atoms with Crippen LogP contribution >= 0.6 is 0 Å². The molecule has 2 aromatic rings. The molecule has 0 aliphatic carbocycles. The van der Waals surface area contributed by atoms with Crippen molar-refractivity contribution in [1.82, 2.24) is 10.3 Å². The van der Waals surface area contributed by atoms with Gasteiger partial charge in [0.25, 0.3) is 0 Å². The molecule has 21 heavy (non-hydrogen) atoms. The summed E-state index contributed by atoms with van der Waals surface area (Å²) in [6.45, 7) is 0.813. The molecule has 0 fully saturated rings. The summed E-state index contributed by atoms with van der Waals surface area (Å²) in [6.07, 6.45) is 2.69. The van der Waals surface area contributed by atoms with Crippen LogP contribution < -0.4 is 10.1 Å². The molecule has 0 unspecified atom stereocenters. The SMILES string of the molecule is O=C(CCOc1ccc(F)cc1)NCCc1ccccn1. The Morgan fingerprint density at radius 3 is 2.71 bits per heavy atom. The van der Waals surface area contributed by atoms with E-state index in [4.69, 9.17) is 4.74 Å². The van der Waals surface area contributed by atoms with Gasteiger partial charge in [0.05, 0.1) is 13.0 Å². The van der Waals surface area contributed by atoms with Crippen LogP contribution in [-0.2, 0) is 11.2 Å². The zero-order valence-electron chi connectivity index (χ0n) is 11.6. The molecule has 0 saturated heterocycles. The number of aromatic nitrogens is 1. The Bertz CT molecular complexity index is 558. The Morgan fingerprint density at radius 1 is 1.19 bits per heavy atom. The lowest BCUT2D eigenvalue weighted by Crippen LogP contribution is -2.27. The maximum atomic E-state index is 12.7. The van der Waals surface area contributed by atoms with E-state index in [1.54, 1.807) is 6.20 Å². The first kappa shape index (κ1) is 15.0. The van der Waals surface area contributed by atoms with E-state index in [1.165, 1.54) is 24.3 Å². The van der Waals surface area contributed by atoms with Crippen molar-refractivity contribution < 1.29 is 13.9 Å². The van der Waals surface area contributed by atoms with E-state index in [9.17, 15) is 9.18 Å². The van der Waals surface area contributed by atoms with Gasteiger partial charge in [0, 0.05) is 24.9 Å². The molecule has 110 valence electrons. The third-order valence-electron chi connectivity index (χ3n) is 2.84. The molecule has 1 aromatic heterocycles. The lowest BCUT2D eigenvalue weighted by molar-refractivity contribution is -0.121. The highest BCUT2D eigenvalue weighted by atomic mass is 19.1. The standard InChI is InChI=1S/C16H17FN2O2/c17-13-4-6-15(7-5-13)21-12-9-16(20)19-11-8-14-3-1-2-10-18-14/h1-7,10H,8-9,11-12H2,(H,19,20). The van der Waals surface area contributed by atoms with E-state index in [2.05, 4.69) is 10.3 Å². The van der Waals surface area contributed by atoms with Crippen LogP contribution in [0.4, 0.5) is 4.39 Å². The van der Waals surface area contributed by atoms with Crippen LogP contribution in [0.3, 0.4) is 0 Å². The second kappa shape index (κ2) is 7.99. The number of carbonyl (C=O) groups excluding carboxylic acids is 1. The normalized spacial score (nSPS) is 10.1. The van der Waals surface area contributed by atoms with Crippen LogP contribution in [0.5, 0.6) is 5.75 Å². The maximum Gasteiger partial charge on any atom is 0.223 e. The number of rotatable bonds is 7. The van der Waals surface area contributed by atoms with Gasteiger partial charge in [-0.2, -0.15) is 0 Å².